The van der Waals surface area contributed by atoms with Crippen LogP contribution in [0.15, 0.2) is 0 Å². The van der Waals surface area contributed by atoms with E-state index in [1.54, 1.807) is 0 Å². The van der Waals surface area contributed by atoms with Gasteiger partial charge in [0.05, 0.1) is 0 Å². The predicted molar refractivity (Wildman–Crippen MR) is 44.3 cm³/mol. The summed E-state index contributed by atoms with van der Waals surface area (Å²) in [5.41, 5.74) is 0. The molecule has 2 aliphatic rings. The molecule has 1 aliphatic carbocycles. The molecule has 1 heterocycles. The summed E-state index contributed by atoms with van der Waals surface area (Å²) in [4.78, 5) is 0. The number of aliphatic hydroxyl groups excluding tert-OH is 1. The number of rotatable bonds is 1. The molecule has 0 aromatic rings. The van der Waals surface area contributed by atoms with Crippen molar-refractivity contribution in [2.75, 3.05) is 19.7 Å². The third-order valence-electron chi connectivity index (χ3n) is 3.30. The zero-order chi connectivity index (χ0) is 7.68. The first-order valence-corrected chi connectivity index (χ1v) is 4.71. The van der Waals surface area contributed by atoms with Gasteiger partial charge in [0.2, 0.25) is 0 Å². The van der Waals surface area contributed by atoms with Crippen molar-refractivity contribution in [1.29, 1.82) is 0 Å². The fourth-order valence-electron chi connectivity index (χ4n) is 2.66. The lowest BCUT2D eigenvalue weighted by molar-refractivity contribution is 0.225. The fraction of sp³-hybridized carbons (Fsp3) is 1.00. The maximum Gasteiger partial charge on any atom is 0.0459 e. The molecule has 2 fully saturated rings. The van der Waals surface area contributed by atoms with Gasteiger partial charge >= 0.3 is 0 Å². The highest BCUT2D eigenvalue weighted by Crippen LogP contribution is 2.39. The van der Waals surface area contributed by atoms with E-state index in [0.717, 1.165) is 11.8 Å². The second kappa shape index (κ2) is 3.11. The molecule has 0 aromatic carbocycles. The molecule has 0 radical (unpaired) electrons. The van der Waals surface area contributed by atoms with Crippen LogP contribution in [0.1, 0.15) is 19.3 Å². The van der Waals surface area contributed by atoms with Crippen molar-refractivity contribution < 1.29 is 5.11 Å². The highest BCUT2D eigenvalue weighted by atomic mass is 16.3. The Morgan fingerprint density at radius 1 is 1.27 bits per heavy atom. The summed E-state index contributed by atoms with van der Waals surface area (Å²) in [6.07, 6.45) is 3.87. The third-order valence-corrected chi connectivity index (χ3v) is 3.30. The topological polar surface area (TPSA) is 32.3 Å². The van der Waals surface area contributed by atoms with Crippen LogP contribution in [0.3, 0.4) is 0 Å². The van der Waals surface area contributed by atoms with Crippen molar-refractivity contribution in [3.8, 4) is 0 Å². The van der Waals surface area contributed by atoms with E-state index in [1.807, 2.05) is 0 Å². The first-order valence-electron chi connectivity index (χ1n) is 4.71. The van der Waals surface area contributed by atoms with E-state index < -0.39 is 0 Å². The molecule has 0 amide bonds. The van der Waals surface area contributed by atoms with Crippen LogP contribution in [0.25, 0.3) is 0 Å². The van der Waals surface area contributed by atoms with Crippen molar-refractivity contribution in [3.63, 3.8) is 0 Å². The molecular formula is C9H17NO. The molecule has 1 aliphatic heterocycles. The van der Waals surface area contributed by atoms with Gasteiger partial charge in [-0.2, -0.15) is 0 Å². The van der Waals surface area contributed by atoms with E-state index in [4.69, 9.17) is 5.11 Å². The molecule has 2 nitrogen and oxygen atoms in total. The molecule has 0 spiro atoms. The molecule has 1 saturated heterocycles. The number of fused-ring (bicyclic) bond motifs is 1. The number of piperidine rings is 1. The Bertz CT molecular complexity index is 124. The lowest BCUT2D eigenvalue weighted by atomic mass is 9.90. The van der Waals surface area contributed by atoms with Gasteiger partial charge in [-0.15, -0.1) is 0 Å². The molecule has 2 rings (SSSR count). The highest BCUT2D eigenvalue weighted by molar-refractivity contribution is 4.87. The number of hydrogen-bond donors (Lipinski definition) is 2. The number of hydrogen-bond acceptors (Lipinski definition) is 2. The van der Waals surface area contributed by atoms with Crippen LogP contribution in [0.5, 0.6) is 0 Å². The quantitative estimate of drug-likeness (QED) is 0.581. The average Bonchev–Trinajstić information content (AvgIpc) is 2.46. The van der Waals surface area contributed by atoms with Crippen LogP contribution < -0.4 is 5.32 Å². The monoisotopic (exact) mass is 155 g/mol. The maximum atomic E-state index is 8.99. The van der Waals surface area contributed by atoms with Gasteiger partial charge in [0.15, 0.2) is 0 Å². The van der Waals surface area contributed by atoms with Gasteiger partial charge in [-0.05, 0) is 50.1 Å². The van der Waals surface area contributed by atoms with Crippen molar-refractivity contribution in [3.05, 3.63) is 0 Å². The molecule has 2 heteroatoms. The van der Waals surface area contributed by atoms with E-state index >= 15 is 0 Å². The molecule has 0 unspecified atom stereocenters. The van der Waals surface area contributed by atoms with E-state index in [1.165, 1.54) is 32.4 Å². The molecule has 11 heavy (non-hydrogen) atoms. The minimum Gasteiger partial charge on any atom is -0.396 e. The Kier molecular flexibility index (Phi) is 2.14. The molecular weight excluding hydrogens is 138 g/mol. The van der Waals surface area contributed by atoms with Gasteiger partial charge in [0.25, 0.3) is 0 Å². The Balaban J connectivity index is 1.92. The molecule has 3 atom stereocenters. The van der Waals surface area contributed by atoms with E-state index in [-0.39, 0.29) is 0 Å². The first kappa shape index (κ1) is 7.56. The smallest absolute Gasteiger partial charge is 0.0459 e. The summed E-state index contributed by atoms with van der Waals surface area (Å²) in [6, 6.07) is 0. The highest BCUT2D eigenvalue weighted by Gasteiger charge is 2.34. The van der Waals surface area contributed by atoms with Crippen LogP contribution in [0.4, 0.5) is 0 Å². The van der Waals surface area contributed by atoms with Crippen LogP contribution in [0, 0.1) is 17.8 Å². The Labute approximate surface area is 68.0 Å². The summed E-state index contributed by atoms with van der Waals surface area (Å²) in [5, 5.41) is 12.4. The lowest BCUT2D eigenvalue weighted by Gasteiger charge is -2.25. The standard InChI is InChI=1S/C9H17NO/c11-6-7-3-8-1-2-10-5-9(8)4-7/h7-11H,1-6H2/t7-,8+,9+/m0/s1. The van der Waals surface area contributed by atoms with Gasteiger partial charge in [-0.25, -0.2) is 0 Å². The third kappa shape index (κ3) is 1.42. The summed E-state index contributed by atoms with van der Waals surface area (Å²) >= 11 is 0. The largest absolute Gasteiger partial charge is 0.396 e. The van der Waals surface area contributed by atoms with Crippen LogP contribution in [-0.4, -0.2) is 24.8 Å². The van der Waals surface area contributed by atoms with Crippen molar-refractivity contribution in [1.82, 2.24) is 5.32 Å². The van der Waals surface area contributed by atoms with Gasteiger partial charge < -0.3 is 10.4 Å². The number of aliphatic hydroxyl groups is 1. The number of nitrogens with one attached hydrogen (secondary N) is 1. The fourth-order valence-corrected chi connectivity index (χ4v) is 2.66. The van der Waals surface area contributed by atoms with Gasteiger partial charge in [-0.1, -0.05) is 0 Å². The second-order valence-corrected chi connectivity index (χ2v) is 4.03. The summed E-state index contributed by atoms with van der Waals surface area (Å²) in [7, 11) is 0. The van der Waals surface area contributed by atoms with Crippen molar-refractivity contribution in [2.24, 2.45) is 17.8 Å². The SMILES string of the molecule is OC[C@H]1C[C@H]2CCNC[C@H]2C1. The minimum absolute atomic E-state index is 0.410. The van der Waals surface area contributed by atoms with Crippen molar-refractivity contribution >= 4 is 0 Å². The minimum atomic E-state index is 0.410. The van der Waals surface area contributed by atoms with Crippen LogP contribution in [0.2, 0.25) is 0 Å². The van der Waals surface area contributed by atoms with Gasteiger partial charge in [0, 0.05) is 6.61 Å². The molecule has 0 aromatic heterocycles. The molecule has 2 N–H and O–H groups in total. The zero-order valence-electron chi connectivity index (χ0n) is 6.92. The van der Waals surface area contributed by atoms with E-state index in [9.17, 15) is 0 Å². The van der Waals surface area contributed by atoms with E-state index in [2.05, 4.69) is 5.32 Å². The summed E-state index contributed by atoms with van der Waals surface area (Å²) in [6.45, 7) is 2.80. The zero-order valence-corrected chi connectivity index (χ0v) is 6.92. The maximum absolute atomic E-state index is 8.99. The normalized spacial score (nSPS) is 43.9. The Morgan fingerprint density at radius 3 is 2.82 bits per heavy atom. The van der Waals surface area contributed by atoms with E-state index in [0.29, 0.717) is 12.5 Å². The molecule has 0 bridgehead atoms. The Hall–Kier alpha value is -0.0800. The van der Waals surface area contributed by atoms with Crippen molar-refractivity contribution in [2.45, 2.75) is 19.3 Å². The summed E-state index contributed by atoms with van der Waals surface area (Å²) in [5.74, 6) is 2.42. The molecule has 1 saturated carbocycles. The predicted octanol–water partition coefficient (Wildman–Crippen LogP) is 0.614. The van der Waals surface area contributed by atoms with Gasteiger partial charge in [0.1, 0.15) is 0 Å². The van der Waals surface area contributed by atoms with Crippen LogP contribution >= 0.6 is 0 Å². The summed E-state index contributed by atoms with van der Waals surface area (Å²) < 4.78 is 0. The average molecular weight is 155 g/mol. The van der Waals surface area contributed by atoms with Crippen LogP contribution in [-0.2, 0) is 0 Å². The lowest BCUT2D eigenvalue weighted by Crippen LogP contribution is -2.33. The second-order valence-electron chi connectivity index (χ2n) is 4.03. The Morgan fingerprint density at radius 2 is 2.09 bits per heavy atom. The van der Waals surface area contributed by atoms with Gasteiger partial charge in [-0.3, -0.25) is 0 Å². The molecule has 64 valence electrons. The first-order chi connectivity index (χ1) is 5.40.